The fourth-order valence-electron chi connectivity index (χ4n) is 3.94. The van der Waals surface area contributed by atoms with Crippen molar-refractivity contribution in [1.82, 2.24) is 19.9 Å². The molecule has 2 aliphatic rings. The Balaban J connectivity index is 1.48. The third-order valence-electron chi connectivity index (χ3n) is 5.68. The Morgan fingerprint density at radius 2 is 1.82 bits per heavy atom. The topological polar surface area (TPSA) is 74.6 Å². The van der Waals surface area contributed by atoms with E-state index in [-0.39, 0.29) is 17.0 Å². The Morgan fingerprint density at radius 1 is 1.09 bits per heavy atom. The molecule has 180 valence electrons. The maximum absolute atomic E-state index is 14.4. The molecule has 1 saturated heterocycles. The highest BCUT2D eigenvalue weighted by Crippen LogP contribution is 2.44. The Bertz CT molecular complexity index is 1300. The Morgan fingerprint density at radius 3 is 2.53 bits per heavy atom. The van der Waals surface area contributed by atoms with Crippen LogP contribution in [0, 0.1) is 17.6 Å². The molecular formula is C20H15F7N6O. The molecule has 1 aliphatic carbocycles. The van der Waals surface area contributed by atoms with Crippen LogP contribution in [-0.2, 0) is 0 Å². The molecular weight excluding hydrogens is 473 g/mol. The van der Waals surface area contributed by atoms with Crippen LogP contribution in [0.2, 0.25) is 0 Å². The van der Waals surface area contributed by atoms with Crippen molar-refractivity contribution in [1.29, 1.82) is 0 Å². The lowest BCUT2D eigenvalue weighted by Crippen LogP contribution is -2.33. The first kappa shape index (κ1) is 22.2. The van der Waals surface area contributed by atoms with Crippen molar-refractivity contribution < 1.29 is 35.5 Å². The largest absolute Gasteiger partial charge is 0.343 e. The molecule has 2 aromatic heterocycles. The number of anilines is 2. The van der Waals surface area contributed by atoms with Crippen LogP contribution in [0.25, 0.3) is 5.65 Å². The Kier molecular flexibility index (Phi) is 4.88. The minimum Gasteiger partial charge on any atom is -0.343 e. The van der Waals surface area contributed by atoms with Gasteiger partial charge in [-0.2, -0.15) is 4.39 Å². The number of amides is 2. The van der Waals surface area contributed by atoms with Crippen LogP contribution < -0.4 is 15.5 Å². The van der Waals surface area contributed by atoms with Gasteiger partial charge < -0.3 is 15.5 Å². The second-order valence-corrected chi connectivity index (χ2v) is 8.21. The zero-order valence-corrected chi connectivity index (χ0v) is 17.0. The summed E-state index contributed by atoms with van der Waals surface area (Å²) in [5.74, 6) is -9.35. The molecule has 1 aliphatic heterocycles. The lowest BCUT2D eigenvalue weighted by molar-refractivity contribution is 0.0221. The summed E-state index contributed by atoms with van der Waals surface area (Å²) >= 11 is 0. The van der Waals surface area contributed by atoms with Crippen LogP contribution in [0.3, 0.4) is 0 Å². The summed E-state index contributed by atoms with van der Waals surface area (Å²) in [6.07, 6.45) is -0.202. The van der Waals surface area contributed by atoms with Crippen LogP contribution in [0.5, 0.6) is 0 Å². The highest BCUT2D eigenvalue weighted by Gasteiger charge is 2.58. The Labute approximate surface area is 186 Å². The van der Waals surface area contributed by atoms with Crippen molar-refractivity contribution in [2.24, 2.45) is 0 Å². The van der Waals surface area contributed by atoms with E-state index in [0.29, 0.717) is 0 Å². The van der Waals surface area contributed by atoms with Gasteiger partial charge in [-0.1, -0.05) is 0 Å². The van der Waals surface area contributed by atoms with Gasteiger partial charge in [-0.15, -0.1) is 5.10 Å². The Hall–Kier alpha value is -3.58. The summed E-state index contributed by atoms with van der Waals surface area (Å²) in [5.41, 5.74) is -1.18. The normalized spacial score (nSPS) is 22.7. The lowest BCUT2D eigenvalue weighted by atomic mass is 10.0. The van der Waals surface area contributed by atoms with Crippen molar-refractivity contribution >= 4 is 23.2 Å². The lowest BCUT2D eigenvalue weighted by Gasteiger charge is -2.25. The van der Waals surface area contributed by atoms with Crippen molar-refractivity contribution in [3.63, 3.8) is 0 Å². The first-order valence-corrected chi connectivity index (χ1v) is 10.0. The fraction of sp³-hybridized carbons (Fsp3) is 0.350. The summed E-state index contributed by atoms with van der Waals surface area (Å²) in [6, 6.07) is -0.0890. The predicted octanol–water partition coefficient (Wildman–Crippen LogP) is 4.26. The average molecular weight is 488 g/mol. The molecule has 34 heavy (non-hydrogen) atoms. The number of nitrogens with zero attached hydrogens (tertiary/aromatic N) is 4. The number of halogens is 7. The third kappa shape index (κ3) is 3.96. The number of urea groups is 1. The maximum atomic E-state index is 14.4. The molecule has 7 nitrogen and oxygen atoms in total. The van der Waals surface area contributed by atoms with E-state index < -0.39 is 72.6 Å². The third-order valence-corrected chi connectivity index (χ3v) is 5.68. The standard InChI is InChI=1S/C20H15F7N6O/c21-9-1-2-11(22)10(5-9)12-6-19(24,25)8-32(12)14-3-4-33-17(29-14)15(16(23)31-33)30-18(34)28-13-7-20(13,26)27/h1-5,12-13H,6-8H2,(H2,28,30,34). The molecule has 14 heteroatoms. The zero-order chi connectivity index (χ0) is 24.4. The second-order valence-electron chi connectivity index (χ2n) is 8.21. The van der Waals surface area contributed by atoms with Gasteiger partial charge >= 0.3 is 6.03 Å². The van der Waals surface area contributed by atoms with E-state index in [9.17, 15) is 35.5 Å². The maximum Gasteiger partial charge on any atom is 0.319 e. The molecule has 0 radical (unpaired) electrons. The van der Waals surface area contributed by atoms with Crippen molar-refractivity contribution in [3.8, 4) is 0 Å². The van der Waals surface area contributed by atoms with E-state index in [1.165, 1.54) is 12.3 Å². The van der Waals surface area contributed by atoms with E-state index >= 15 is 0 Å². The monoisotopic (exact) mass is 488 g/mol. The van der Waals surface area contributed by atoms with Crippen molar-refractivity contribution in [3.05, 3.63) is 53.6 Å². The van der Waals surface area contributed by atoms with Gasteiger partial charge in [-0.3, -0.25) is 0 Å². The van der Waals surface area contributed by atoms with E-state index in [4.69, 9.17) is 0 Å². The van der Waals surface area contributed by atoms with E-state index in [1.807, 2.05) is 5.32 Å². The molecule has 3 heterocycles. The number of alkyl halides is 4. The molecule has 3 aromatic rings. The first-order valence-electron chi connectivity index (χ1n) is 10.0. The highest BCUT2D eigenvalue weighted by atomic mass is 19.3. The van der Waals surface area contributed by atoms with Crippen molar-refractivity contribution in [2.75, 3.05) is 16.8 Å². The minimum atomic E-state index is -3.26. The second kappa shape index (κ2) is 7.46. The van der Waals surface area contributed by atoms with Gasteiger partial charge in [0.2, 0.25) is 0 Å². The van der Waals surface area contributed by atoms with Crippen LogP contribution in [-0.4, -0.2) is 45.1 Å². The summed E-state index contributed by atoms with van der Waals surface area (Å²) in [7, 11) is 0. The number of carbonyl (C=O) groups is 1. The quantitative estimate of drug-likeness (QED) is 0.539. The molecule has 5 rings (SSSR count). The zero-order valence-electron chi connectivity index (χ0n) is 17.0. The number of carbonyl (C=O) groups excluding carboxylic acids is 1. The van der Waals surface area contributed by atoms with Gasteiger partial charge in [-0.25, -0.2) is 40.6 Å². The number of benzene rings is 1. The molecule has 2 amide bonds. The minimum absolute atomic E-state index is 0.143. The average Bonchev–Trinajstić information content (AvgIpc) is 3.06. The van der Waals surface area contributed by atoms with Gasteiger partial charge in [0, 0.05) is 24.6 Å². The number of rotatable bonds is 4. The predicted molar refractivity (Wildman–Crippen MR) is 104 cm³/mol. The van der Waals surface area contributed by atoms with E-state index in [2.05, 4.69) is 15.4 Å². The number of fused-ring (bicyclic) bond motifs is 1. The van der Waals surface area contributed by atoms with Crippen LogP contribution in [0.4, 0.5) is 47.0 Å². The SMILES string of the molecule is O=C(Nc1c(F)nn2ccc(N3CC(F)(F)CC3c3cc(F)ccc3F)nc12)NC1CC1(F)F. The van der Waals surface area contributed by atoms with Gasteiger partial charge in [-0.05, 0) is 24.3 Å². The smallest absolute Gasteiger partial charge is 0.319 e. The number of hydrogen-bond acceptors (Lipinski definition) is 4. The van der Waals surface area contributed by atoms with E-state index in [0.717, 1.165) is 27.6 Å². The van der Waals surface area contributed by atoms with Gasteiger partial charge in [0.25, 0.3) is 17.8 Å². The van der Waals surface area contributed by atoms with Crippen molar-refractivity contribution in [2.45, 2.75) is 36.8 Å². The molecule has 2 atom stereocenters. The summed E-state index contributed by atoms with van der Waals surface area (Å²) in [6.45, 7) is -0.882. The van der Waals surface area contributed by atoms with Gasteiger partial charge in [0.05, 0.1) is 12.6 Å². The molecule has 2 N–H and O–H groups in total. The molecule has 2 fully saturated rings. The van der Waals surface area contributed by atoms with Crippen LogP contribution in [0.1, 0.15) is 24.4 Å². The molecule has 1 aromatic carbocycles. The number of nitrogens with one attached hydrogen (secondary N) is 2. The first-order chi connectivity index (χ1) is 15.9. The van der Waals surface area contributed by atoms with Crippen LogP contribution >= 0.6 is 0 Å². The molecule has 1 saturated carbocycles. The fourth-order valence-corrected chi connectivity index (χ4v) is 3.94. The molecule has 2 unspecified atom stereocenters. The summed E-state index contributed by atoms with van der Waals surface area (Å²) in [5, 5.41) is 7.54. The van der Waals surface area contributed by atoms with Crippen LogP contribution in [0.15, 0.2) is 30.5 Å². The number of aromatic nitrogens is 3. The molecule has 0 bridgehead atoms. The summed E-state index contributed by atoms with van der Waals surface area (Å²) < 4.78 is 98.0. The highest BCUT2D eigenvalue weighted by molar-refractivity contribution is 5.93. The summed E-state index contributed by atoms with van der Waals surface area (Å²) in [4.78, 5) is 17.1. The van der Waals surface area contributed by atoms with Gasteiger partial charge in [0.1, 0.15) is 29.2 Å². The van der Waals surface area contributed by atoms with E-state index in [1.54, 1.807) is 0 Å². The molecule has 0 spiro atoms. The van der Waals surface area contributed by atoms with Gasteiger partial charge in [0.15, 0.2) is 5.65 Å². The number of hydrogen-bond donors (Lipinski definition) is 2.